The second-order valence-corrected chi connectivity index (χ2v) is 31.6. The molecular formula is C110H72N4O2. The molecule has 116 heavy (non-hydrogen) atoms. The first-order valence-corrected chi connectivity index (χ1v) is 40.0. The van der Waals surface area contributed by atoms with Gasteiger partial charge < -0.3 is 9.47 Å². The lowest BCUT2D eigenvalue weighted by Gasteiger charge is -2.40. The van der Waals surface area contributed by atoms with E-state index in [9.17, 15) is 0 Å². The minimum Gasteiger partial charge on any atom is -0.456 e. The molecule has 2 aromatic heterocycles. The van der Waals surface area contributed by atoms with Crippen molar-refractivity contribution in [3.63, 3.8) is 0 Å². The molecule has 4 heterocycles. The minimum atomic E-state index is -0.550. The number of rotatable bonds is 8. The summed E-state index contributed by atoms with van der Waals surface area (Å²) >= 11 is 0. The second-order valence-electron chi connectivity index (χ2n) is 31.6. The van der Waals surface area contributed by atoms with Crippen LogP contribution in [0.5, 0.6) is 23.0 Å². The molecule has 0 fully saturated rings. The molecule has 0 atom stereocenters. The highest BCUT2D eigenvalue weighted by molar-refractivity contribution is 6.00. The van der Waals surface area contributed by atoms with E-state index in [2.05, 4.69) is 378 Å². The summed E-state index contributed by atoms with van der Waals surface area (Å²) in [6, 6.07) is 135. The fourth-order valence-corrected chi connectivity index (χ4v) is 20.1. The Balaban J connectivity index is 0.000000137. The minimum absolute atomic E-state index is 0.130. The third-order valence-electron chi connectivity index (χ3n) is 25.2. The summed E-state index contributed by atoms with van der Waals surface area (Å²) in [7, 11) is 0. The van der Waals surface area contributed by atoms with Gasteiger partial charge in [0.15, 0.2) is 11.6 Å². The van der Waals surface area contributed by atoms with Crippen LogP contribution in [0.2, 0.25) is 0 Å². The summed E-state index contributed by atoms with van der Waals surface area (Å²) in [6.07, 6.45) is 5.46. The highest BCUT2D eigenvalue weighted by Crippen LogP contribution is 2.66. The van der Waals surface area contributed by atoms with Gasteiger partial charge in [0.05, 0.1) is 33.6 Å². The van der Waals surface area contributed by atoms with Crippen molar-refractivity contribution in [1.29, 1.82) is 0 Å². The number of hydrogen-bond acceptors (Lipinski definition) is 6. The highest BCUT2D eigenvalue weighted by atomic mass is 16.5. The van der Waals surface area contributed by atoms with Gasteiger partial charge in [-0.1, -0.05) is 360 Å². The Hall–Kier alpha value is -14.7. The summed E-state index contributed by atoms with van der Waals surface area (Å²) in [5.74, 6) is 4.85. The van der Waals surface area contributed by atoms with Crippen LogP contribution < -0.4 is 9.47 Å². The van der Waals surface area contributed by atoms with Gasteiger partial charge in [0.1, 0.15) is 23.0 Å². The maximum Gasteiger partial charge on any atom is 0.160 e. The number of fused-ring (bicyclic) bond motifs is 21. The largest absolute Gasteiger partial charge is 0.456 e. The van der Waals surface area contributed by atoms with Gasteiger partial charge in [-0.3, -0.25) is 0 Å². The van der Waals surface area contributed by atoms with Gasteiger partial charge in [-0.2, -0.15) is 0 Å². The van der Waals surface area contributed by atoms with E-state index in [1.54, 1.807) is 0 Å². The topological polar surface area (TPSA) is 70.0 Å². The fraction of sp³-hybridized carbons (Fsp3) is 0.0545. The summed E-state index contributed by atoms with van der Waals surface area (Å²) < 4.78 is 14.2. The van der Waals surface area contributed by atoms with Crippen LogP contribution in [0, 0.1) is 0 Å². The molecule has 16 aromatic carbocycles. The van der Waals surface area contributed by atoms with Gasteiger partial charge >= 0.3 is 0 Å². The maximum absolute atomic E-state index is 7.11. The van der Waals surface area contributed by atoms with Crippen LogP contribution in [0.1, 0.15) is 80.6 Å². The molecule has 0 N–H and O–H groups in total. The third-order valence-corrected chi connectivity index (χ3v) is 25.2. The molecule has 0 radical (unpaired) electrons. The molecule has 2 spiro atoms. The van der Waals surface area contributed by atoms with Gasteiger partial charge in [-0.25, -0.2) is 19.9 Å². The van der Waals surface area contributed by atoms with E-state index in [0.29, 0.717) is 11.6 Å². The first-order chi connectivity index (χ1) is 57.3. The third kappa shape index (κ3) is 10.0. The van der Waals surface area contributed by atoms with E-state index in [0.717, 1.165) is 130 Å². The predicted octanol–water partition coefficient (Wildman–Crippen LogP) is 27.3. The van der Waals surface area contributed by atoms with E-state index in [1.807, 2.05) is 24.3 Å². The average Bonchev–Trinajstić information content (AvgIpc) is 1.50. The molecule has 0 saturated carbocycles. The smallest absolute Gasteiger partial charge is 0.160 e. The Bertz CT molecular complexity index is 7080. The van der Waals surface area contributed by atoms with Crippen LogP contribution in [0.25, 0.3) is 140 Å². The van der Waals surface area contributed by atoms with Crippen molar-refractivity contribution in [2.45, 2.75) is 36.5 Å². The summed E-state index contributed by atoms with van der Waals surface area (Å²) in [5.41, 5.74) is 35.1. The number of para-hydroxylation sites is 4. The van der Waals surface area contributed by atoms with Crippen molar-refractivity contribution in [1.82, 2.24) is 19.9 Å². The first-order valence-electron chi connectivity index (χ1n) is 40.0. The van der Waals surface area contributed by atoms with Crippen LogP contribution >= 0.6 is 0 Å². The van der Waals surface area contributed by atoms with Crippen molar-refractivity contribution in [3.05, 3.63) is 449 Å². The van der Waals surface area contributed by atoms with Crippen molar-refractivity contribution in [2.75, 3.05) is 0 Å². The molecule has 4 aliphatic carbocycles. The molecule has 6 nitrogen and oxygen atoms in total. The Morgan fingerprint density at radius 2 is 0.621 bits per heavy atom. The SMILES string of the molecule is C1=Cc2cc(-c3cc(-c4ccccc4-c4cccc5c4Oc4ccccc4C54c5ccccc5-c5ccccc54)nc(-c4ccccc4)n3)cc3cccc(c23)C1.CC1(C)c2ccccc2-c2ccc(-c3cc(-c4ccccc4-c4cccc5c4Oc4ccccc4C54c5ccccc5-c5ccccc54)nc(-c4ccccc4)n3)cc21. The van der Waals surface area contributed by atoms with Crippen molar-refractivity contribution >= 4 is 16.8 Å². The zero-order valence-electron chi connectivity index (χ0n) is 63.8. The monoisotopic (exact) mass is 1480 g/mol. The van der Waals surface area contributed by atoms with Crippen LogP contribution in [0.4, 0.5) is 0 Å². The summed E-state index contributed by atoms with van der Waals surface area (Å²) in [5, 5.41) is 2.55. The van der Waals surface area contributed by atoms with Crippen molar-refractivity contribution in [2.24, 2.45) is 0 Å². The van der Waals surface area contributed by atoms with Gasteiger partial charge in [0.2, 0.25) is 0 Å². The van der Waals surface area contributed by atoms with Crippen LogP contribution in [-0.4, -0.2) is 19.9 Å². The number of aromatic nitrogens is 4. The van der Waals surface area contributed by atoms with Crippen LogP contribution in [-0.2, 0) is 22.7 Å². The summed E-state index contributed by atoms with van der Waals surface area (Å²) in [6.45, 7) is 4.65. The van der Waals surface area contributed by atoms with E-state index >= 15 is 0 Å². The van der Waals surface area contributed by atoms with Gasteiger partial charge in [0, 0.05) is 72.2 Å². The number of benzene rings is 16. The Morgan fingerprint density at radius 1 is 0.250 bits per heavy atom. The maximum atomic E-state index is 7.11. The zero-order valence-corrected chi connectivity index (χ0v) is 63.8. The zero-order chi connectivity index (χ0) is 76.8. The number of hydrogen-bond donors (Lipinski definition) is 0. The molecular weight excluding hydrogens is 1410 g/mol. The molecule has 6 heteroatoms. The number of allylic oxidation sites excluding steroid dienone is 1. The quantitative estimate of drug-likeness (QED) is 0.151. The Kier molecular flexibility index (Phi) is 15.1. The Morgan fingerprint density at radius 3 is 1.11 bits per heavy atom. The molecule has 0 unspecified atom stereocenters. The average molecular weight is 1480 g/mol. The number of ether oxygens (including phenoxy) is 2. The lowest BCUT2D eigenvalue weighted by Crippen LogP contribution is -2.32. The molecule has 0 saturated heterocycles. The Labute approximate surface area is 673 Å². The molecule has 2 aliphatic heterocycles. The predicted molar refractivity (Wildman–Crippen MR) is 470 cm³/mol. The standard InChI is InChI=1S/C56H38N2O.C54H34N2O/c1-55(2)44-25-11-8-20-38(44)41-32-31-36(33-49(41)55)50-34-51(58-54(57-50)35-17-4-3-5-18-35)42-23-7-6-19-37(42)43-24-16-29-48-53(43)59-52-30-15-14-28-47(52)56(48)45-26-12-9-21-39(45)40-22-10-13-27-46(40)56;1-2-15-35(16-3-1)53-55-48(38-31-36-19-12-17-34-18-13-20-37(32-38)51(34)36)33-49(56-53)42-24-5-4-21-39(42)43-25-14-29-47-52(43)57-50-30-11-10-28-46(50)54(47)44-26-8-6-22-40(44)41-23-7-9-27-45(41)54/h3-34H,1-2H3;1-17,19-33H,18H2. The lowest BCUT2D eigenvalue weighted by atomic mass is 9.65. The van der Waals surface area contributed by atoms with Crippen molar-refractivity contribution < 1.29 is 9.47 Å². The molecule has 18 aromatic rings. The molecule has 0 bridgehead atoms. The molecule has 6 aliphatic rings. The van der Waals surface area contributed by atoms with E-state index in [4.69, 9.17) is 29.4 Å². The molecule has 544 valence electrons. The van der Waals surface area contributed by atoms with Crippen LogP contribution in [0.15, 0.2) is 382 Å². The molecule has 24 rings (SSSR count). The fourth-order valence-electron chi connectivity index (χ4n) is 20.1. The van der Waals surface area contributed by atoms with E-state index < -0.39 is 10.8 Å². The van der Waals surface area contributed by atoms with E-state index in [-0.39, 0.29) is 5.41 Å². The van der Waals surface area contributed by atoms with Gasteiger partial charge in [0.25, 0.3) is 0 Å². The second kappa shape index (κ2) is 26.2. The van der Waals surface area contributed by atoms with E-state index in [1.165, 1.54) is 88.7 Å². The van der Waals surface area contributed by atoms with Gasteiger partial charge in [-0.15, -0.1) is 0 Å². The first kappa shape index (κ1) is 67.0. The molecule has 0 amide bonds. The van der Waals surface area contributed by atoms with Crippen molar-refractivity contribution in [3.8, 4) is 146 Å². The highest BCUT2D eigenvalue weighted by Gasteiger charge is 2.53. The lowest BCUT2D eigenvalue weighted by molar-refractivity contribution is 0.438. The normalized spacial score (nSPS) is 14.1. The van der Waals surface area contributed by atoms with Crippen LogP contribution in [0.3, 0.4) is 0 Å². The number of nitrogens with zero attached hydrogens (tertiary/aromatic N) is 4. The van der Waals surface area contributed by atoms with Gasteiger partial charge in [-0.05, 0) is 149 Å². The summed E-state index contributed by atoms with van der Waals surface area (Å²) in [4.78, 5) is 21.2.